The van der Waals surface area contributed by atoms with Gasteiger partial charge in [0.1, 0.15) is 19.8 Å². The molecule has 0 aromatic carbocycles. The van der Waals surface area contributed by atoms with Gasteiger partial charge in [0.05, 0.1) is 0 Å². The fraction of sp³-hybridized carbons (Fsp3) is 1.00. The van der Waals surface area contributed by atoms with Gasteiger partial charge in [-0.3, -0.25) is 0 Å². The van der Waals surface area contributed by atoms with Crippen LogP contribution in [0.2, 0.25) is 19.6 Å². The molecule has 248 valence electrons. The van der Waals surface area contributed by atoms with Crippen molar-refractivity contribution in [3.63, 3.8) is 0 Å². The molecule has 26 heteroatoms. The lowest BCUT2D eigenvalue weighted by atomic mass is 10.2. The lowest BCUT2D eigenvalue weighted by molar-refractivity contribution is -0.361. The Bertz CT molecular complexity index is 850. The summed E-state index contributed by atoms with van der Waals surface area (Å²) in [6.07, 6.45) is -21.2. The molecule has 0 aliphatic heterocycles. The normalized spacial score (nSPS) is 16.4. The molecule has 0 aliphatic rings. The standard InChI is InChI=1S/C15H15F21O3Si2/c1-40(2,37-4-7(16,17)10(22,23)13(28,29)30)41(3,38-5-8(18,19)11(24,25)14(31,32)33)39-6-9(20,21)12(26,27)15(34,35)36/h4-6H2,1-3H3. The Morgan fingerprint density at radius 3 is 0.756 bits per heavy atom. The maximum atomic E-state index is 13.7. The van der Waals surface area contributed by atoms with Gasteiger partial charge in [0.15, 0.2) is 0 Å². The van der Waals surface area contributed by atoms with Gasteiger partial charge in [-0.25, -0.2) is 0 Å². The molecule has 41 heavy (non-hydrogen) atoms. The van der Waals surface area contributed by atoms with Crippen LogP contribution in [0.25, 0.3) is 0 Å². The molecule has 0 amide bonds. The van der Waals surface area contributed by atoms with Crippen molar-refractivity contribution < 1.29 is 105 Å². The van der Waals surface area contributed by atoms with E-state index in [9.17, 15) is 92.2 Å². The summed E-state index contributed by atoms with van der Waals surface area (Å²) in [4.78, 5) is 0. The van der Waals surface area contributed by atoms with Gasteiger partial charge < -0.3 is 13.3 Å². The van der Waals surface area contributed by atoms with Gasteiger partial charge in [0, 0.05) is 0 Å². The molecule has 0 unspecified atom stereocenters. The zero-order valence-electron chi connectivity index (χ0n) is 19.8. The molecule has 0 saturated carbocycles. The first-order valence-electron chi connectivity index (χ1n) is 9.76. The Morgan fingerprint density at radius 1 is 0.366 bits per heavy atom. The molecule has 0 aromatic heterocycles. The lowest BCUT2D eigenvalue weighted by Gasteiger charge is -2.42. The van der Waals surface area contributed by atoms with Crippen molar-refractivity contribution in [1.82, 2.24) is 0 Å². The molecule has 0 aliphatic carbocycles. The van der Waals surface area contributed by atoms with E-state index < -0.39 is 89.8 Å². The molecule has 0 radical (unpaired) electrons. The quantitative estimate of drug-likeness (QED) is 0.145. The van der Waals surface area contributed by atoms with Crippen molar-refractivity contribution in [3.8, 4) is 0 Å². The van der Waals surface area contributed by atoms with Crippen LogP contribution < -0.4 is 0 Å². The third kappa shape index (κ3) is 7.68. The van der Waals surface area contributed by atoms with Crippen molar-refractivity contribution in [3.05, 3.63) is 0 Å². The summed E-state index contributed by atoms with van der Waals surface area (Å²) in [5, 5.41) is 0. The Morgan fingerprint density at radius 2 is 0.561 bits per heavy atom. The van der Waals surface area contributed by atoms with Crippen LogP contribution in [-0.4, -0.2) is 89.8 Å². The summed E-state index contributed by atoms with van der Waals surface area (Å²) in [7, 11) is -11.3. The predicted molar refractivity (Wildman–Crippen MR) is 94.8 cm³/mol. The highest BCUT2D eigenvalue weighted by molar-refractivity contribution is 7.33. The van der Waals surface area contributed by atoms with Crippen molar-refractivity contribution in [1.29, 1.82) is 0 Å². The van der Waals surface area contributed by atoms with Crippen molar-refractivity contribution in [2.24, 2.45) is 0 Å². The Kier molecular flexibility index (Phi) is 10.8. The first-order chi connectivity index (χ1) is 17.4. The highest BCUT2D eigenvalue weighted by Gasteiger charge is 2.76. The number of halogens is 21. The minimum absolute atomic E-state index is 0.0666. The maximum absolute atomic E-state index is 13.7. The topological polar surface area (TPSA) is 27.7 Å². The number of rotatable bonds is 13. The fourth-order valence-corrected chi connectivity index (χ4v) is 8.16. The summed E-state index contributed by atoms with van der Waals surface area (Å²) >= 11 is 0. The molecule has 0 aromatic rings. The molecule has 0 spiro atoms. The van der Waals surface area contributed by atoms with Crippen LogP contribution in [0.15, 0.2) is 0 Å². The molecule has 0 bridgehead atoms. The highest BCUT2D eigenvalue weighted by atomic mass is 29.3. The van der Waals surface area contributed by atoms with E-state index in [0.29, 0.717) is 0 Å². The van der Waals surface area contributed by atoms with Crippen LogP contribution in [0, 0.1) is 0 Å². The third-order valence-corrected chi connectivity index (χ3v) is 17.5. The van der Waals surface area contributed by atoms with Crippen LogP contribution in [0.4, 0.5) is 92.2 Å². The summed E-state index contributed by atoms with van der Waals surface area (Å²) < 4.78 is 284. The summed E-state index contributed by atoms with van der Waals surface area (Å²) in [5.41, 5.74) is 0. The van der Waals surface area contributed by atoms with Crippen LogP contribution in [-0.2, 0) is 13.3 Å². The second-order valence-corrected chi connectivity index (χ2v) is 20.8. The van der Waals surface area contributed by atoms with E-state index in [1.807, 2.05) is 0 Å². The van der Waals surface area contributed by atoms with E-state index in [1.54, 1.807) is 0 Å². The average Bonchev–Trinajstić information content (AvgIpc) is 2.72. The predicted octanol–water partition coefficient (Wildman–Crippen LogP) is 7.89. The third-order valence-electron chi connectivity index (χ3n) is 5.21. The van der Waals surface area contributed by atoms with Gasteiger partial charge in [-0.2, -0.15) is 92.2 Å². The first kappa shape index (κ1) is 39.8. The van der Waals surface area contributed by atoms with Crippen molar-refractivity contribution >= 4 is 15.9 Å². The number of hydrogen-bond donors (Lipinski definition) is 0. The van der Waals surface area contributed by atoms with Gasteiger partial charge in [-0.05, 0) is 19.6 Å². The first-order valence-corrected chi connectivity index (χ1v) is 16.0. The van der Waals surface area contributed by atoms with Gasteiger partial charge in [0.25, 0.3) is 0 Å². The minimum Gasteiger partial charge on any atom is -0.408 e. The molecule has 3 nitrogen and oxygen atoms in total. The molecule has 0 saturated heterocycles. The van der Waals surface area contributed by atoms with Gasteiger partial charge >= 0.3 is 62.1 Å². The number of hydrogen-bond acceptors (Lipinski definition) is 3. The minimum atomic E-state index is -7.07. The summed E-state index contributed by atoms with van der Waals surface area (Å²) in [6, 6.07) is 0. The van der Waals surface area contributed by atoms with Crippen molar-refractivity contribution in [2.75, 3.05) is 19.8 Å². The summed E-state index contributed by atoms with van der Waals surface area (Å²) in [6.45, 7) is -9.44. The molecular weight excluding hydrogens is 683 g/mol. The Labute approximate surface area is 216 Å². The van der Waals surface area contributed by atoms with Crippen molar-refractivity contribution in [2.45, 2.75) is 73.7 Å². The molecule has 0 heterocycles. The number of alkyl halides is 21. The SMILES string of the molecule is C[Si](C)(OCC(F)(F)C(F)(F)C(F)(F)F)[Si](C)(OCC(F)(F)C(F)(F)C(F)(F)F)OCC(F)(F)C(F)(F)C(F)(F)F. The zero-order chi connectivity index (χ0) is 33.7. The van der Waals surface area contributed by atoms with E-state index >= 15 is 0 Å². The van der Waals surface area contributed by atoms with Gasteiger partial charge in [0.2, 0.25) is 7.83 Å². The molecule has 0 rings (SSSR count). The lowest BCUT2D eigenvalue weighted by Crippen LogP contribution is -2.68. The van der Waals surface area contributed by atoms with Crippen LogP contribution in [0.5, 0.6) is 0 Å². The Hall–Kier alpha value is -1.16. The molecule has 0 N–H and O–H groups in total. The highest BCUT2D eigenvalue weighted by Crippen LogP contribution is 2.50. The van der Waals surface area contributed by atoms with E-state index in [0.717, 1.165) is 0 Å². The van der Waals surface area contributed by atoms with Crippen LogP contribution in [0.3, 0.4) is 0 Å². The Balaban J connectivity index is 6.55. The van der Waals surface area contributed by atoms with E-state index in [-0.39, 0.29) is 19.6 Å². The maximum Gasteiger partial charge on any atom is 0.459 e. The second kappa shape index (κ2) is 11.1. The van der Waals surface area contributed by atoms with Crippen LogP contribution in [0.1, 0.15) is 0 Å². The average molecular weight is 698 g/mol. The second-order valence-electron chi connectivity index (χ2n) is 8.65. The molecular formula is C15H15F21O3Si2. The van der Waals surface area contributed by atoms with E-state index in [4.69, 9.17) is 0 Å². The largest absolute Gasteiger partial charge is 0.459 e. The smallest absolute Gasteiger partial charge is 0.408 e. The monoisotopic (exact) mass is 698 g/mol. The molecule has 0 fully saturated rings. The van der Waals surface area contributed by atoms with E-state index in [2.05, 4.69) is 13.3 Å². The fourth-order valence-electron chi connectivity index (χ4n) is 2.14. The summed E-state index contributed by atoms with van der Waals surface area (Å²) in [5.74, 6) is -40.2. The van der Waals surface area contributed by atoms with Crippen LogP contribution >= 0.6 is 0 Å². The zero-order valence-corrected chi connectivity index (χ0v) is 21.8. The van der Waals surface area contributed by atoms with Gasteiger partial charge in [-0.1, -0.05) is 0 Å². The van der Waals surface area contributed by atoms with E-state index in [1.165, 1.54) is 0 Å². The molecule has 0 atom stereocenters. The van der Waals surface area contributed by atoms with Gasteiger partial charge in [-0.15, -0.1) is 0 Å².